The Balaban J connectivity index is 1.43. The van der Waals surface area contributed by atoms with Gasteiger partial charge in [-0.05, 0) is 23.2 Å². The van der Waals surface area contributed by atoms with E-state index in [9.17, 15) is 19.2 Å². The molecule has 2 heterocycles. The van der Waals surface area contributed by atoms with Gasteiger partial charge >= 0.3 is 0 Å². The van der Waals surface area contributed by atoms with Crippen LogP contribution in [0.1, 0.15) is 0 Å². The molecule has 3 aromatic rings. The fraction of sp³-hybridized carbons (Fsp3) is 0.0500. The molecule has 0 atom stereocenters. The number of amides is 4. The van der Waals surface area contributed by atoms with Crippen molar-refractivity contribution < 1.29 is 19.2 Å². The Morgan fingerprint density at radius 1 is 1.07 bits per heavy atom. The summed E-state index contributed by atoms with van der Waals surface area (Å²) in [4.78, 5) is 53.9. The van der Waals surface area contributed by atoms with Crippen LogP contribution in [-0.2, 0) is 14.4 Å². The van der Waals surface area contributed by atoms with Gasteiger partial charge < -0.3 is 5.32 Å². The third kappa shape index (κ3) is 4.24. The summed E-state index contributed by atoms with van der Waals surface area (Å²) in [5.74, 6) is -1.77. The Hall–Kier alpha value is -3.50. The highest BCUT2D eigenvalue weighted by molar-refractivity contribution is 8.18. The van der Waals surface area contributed by atoms with Crippen LogP contribution in [0.15, 0.2) is 65.0 Å². The van der Waals surface area contributed by atoms with Crippen LogP contribution in [0, 0.1) is 0 Å². The minimum atomic E-state index is -0.688. The number of nitrogens with one attached hydrogen (secondary N) is 2. The Bertz CT molecular complexity index is 1190. The first-order valence-electron chi connectivity index (χ1n) is 8.75. The fourth-order valence-electron chi connectivity index (χ4n) is 2.85. The van der Waals surface area contributed by atoms with Crippen LogP contribution in [-0.4, -0.2) is 39.4 Å². The Kier molecular flexibility index (Phi) is 5.59. The molecular formula is C20H14N4O4S2. The molecule has 4 amide bonds. The Morgan fingerprint density at radius 3 is 2.67 bits per heavy atom. The summed E-state index contributed by atoms with van der Waals surface area (Å²) in [5.41, 5.74) is 0.587. The van der Waals surface area contributed by atoms with Crippen LogP contribution < -0.4 is 10.6 Å². The molecule has 1 saturated heterocycles. The Morgan fingerprint density at radius 2 is 1.87 bits per heavy atom. The molecule has 2 aromatic carbocycles. The monoisotopic (exact) mass is 438 g/mol. The van der Waals surface area contributed by atoms with Gasteiger partial charge in [-0.25, -0.2) is 4.98 Å². The van der Waals surface area contributed by atoms with Crippen molar-refractivity contribution in [2.75, 3.05) is 17.2 Å². The molecule has 1 aromatic heterocycles. The zero-order valence-electron chi connectivity index (χ0n) is 15.3. The van der Waals surface area contributed by atoms with Crippen LogP contribution in [0.5, 0.6) is 0 Å². The van der Waals surface area contributed by atoms with Crippen molar-refractivity contribution in [3.63, 3.8) is 0 Å². The molecule has 0 radical (unpaired) electrons. The molecule has 1 aliphatic rings. The maximum absolute atomic E-state index is 12.5. The topological polar surface area (TPSA) is 108 Å². The number of thioether (sulfide) groups is 1. The first kappa shape index (κ1) is 19.8. The zero-order valence-corrected chi connectivity index (χ0v) is 17.0. The second-order valence-electron chi connectivity index (χ2n) is 6.17. The van der Waals surface area contributed by atoms with E-state index in [2.05, 4.69) is 15.6 Å². The van der Waals surface area contributed by atoms with Gasteiger partial charge in [0, 0.05) is 28.7 Å². The van der Waals surface area contributed by atoms with E-state index in [0.717, 1.165) is 21.7 Å². The molecule has 2 N–H and O–H groups in total. The van der Waals surface area contributed by atoms with Gasteiger partial charge in [0.05, 0.1) is 4.91 Å². The number of rotatable bonds is 5. The molecule has 0 spiro atoms. The summed E-state index contributed by atoms with van der Waals surface area (Å²) in [7, 11) is 0. The van der Waals surface area contributed by atoms with Crippen LogP contribution in [0.25, 0.3) is 10.8 Å². The summed E-state index contributed by atoms with van der Waals surface area (Å²) in [6.45, 7) is -0.445. The normalized spacial score (nSPS) is 15.1. The van der Waals surface area contributed by atoms with Gasteiger partial charge in [0.2, 0.25) is 5.91 Å². The molecule has 8 nitrogen and oxygen atoms in total. The number of anilines is 2. The number of thiazole rings is 1. The minimum absolute atomic E-state index is 0.0491. The predicted octanol–water partition coefficient (Wildman–Crippen LogP) is 3.45. The average Bonchev–Trinajstić information content (AvgIpc) is 3.32. The van der Waals surface area contributed by atoms with E-state index in [1.807, 2.05) is 36.4 Å². The highest BCUT2D eigenvalue weighted by Crippen LogP contribution is 2.30. The lowest BCUT2D eigenvalue weighted by molar-refractivity contribution is -0.127. The van der Waals surface area contributed by atoms with E-state index < -0.39 is 29.5 Å². The average molecular weight is 438 g/mol. The van der Waals surface area contributed by atoms with Gasteiger partial charge in [-0.2, -0.15) is 0 Å². The maximum atomic E-state index is 12.5. The van der Waals surface area contributed by atoms with Crippen LogP contribution >= 0.6 is 23.1 Å². The van der Waals surface area contributed by atoms with E-state index in [0.29, 0.717) is 22.6 Å². The second kappa shape index (κ2) is 8.47. The SMILES string of the molecule is O=C(/C=C1\SC(=O)N(CC(=O)Nc2cccc3ccccc23)C1=O)Nc1nccs1. The van der Waals surface area contributed by atoms with Gasteiger partial charge in [0.15, 0.2) is 5.13 Å². The third-order valence-corrected chi connectivity index (χ3v) is 5.76. The zero-order chi connectivity index (χ0) is 21.1. The summed E-state index contributed by atoms with van der Waals surface area (Å²) in [6, 6.07) is 13.0. The van der Waals surface area contributed by atoms with E-state index >= 15 is 0 Å². The van der Waals surface area contributed by atoms with Crippen LogP contribution in [0.3, 0.4) is 0 Å². The van der Waals surface area contributed by atoms with Gasteiger partial charge in [-0.15, -0.1) is 11.3 Å². The lowest BCUT2D eigenvalue weighted by Gasteiger charge is -2.13. The largest absolute Gasteiger partial charge is 0.324 e. The number of aromatic nitrogens is 1. The van der Waals surface area contributed by atoms with Crippen molar-refractivity contribution in [3.05, 3.63) is 65.0 Å². The number of imide groups is 1. The molecular weight excluding hydrogens is 424 g/mol. The molecule has 1 fully saturated rings. The maximum Gasteiger partial charge on any atom is 0.294 e. The quantitative estimate of drug-likeness (QED) is 0.591. The van der Waals surface area contributed by atoms with Gasteiger partial charge in [0.1, 0.15) is 6.54 Å². The van der Waals surface area contributed by atoms with Crippen LogP contribution in [0.4, 0.5) is 15.6 Å². The molecule has 0 bridgehead atoms. The molecule has 0 saturated carbocycles. The molecule has 0 aliphatic carbocycles. The first-order chi connectivity index (χ1) is 14.5. The first-order valence-corrected chi connectivity index (χ1v) is 10.4. The molecule has 4 rings (SSSR count). The molecule has 1 aliphatic heterocycles. The highest BCUT2D eigenvalue weighted by Gasteiger charge is 2.36. The van der Waals surface area contributed by atoms with Crippen molar-refractivity contribution in [2.45, 2.75) is 0 Å². The van der Waals surface area contributed by atoms with E-state index in [1.165, 1.54) is 17.5 Å². The van der Waals surface area contributed by atoms with E-state index in [4.69, 9.17) is 0 Å². The van der Waals surface area contributed by atoms with Crippen molar-refractivity contribution in [1.29, 1.82) is 0 Å². The molecule has 30 heavy (non-hydrogen) atoms. The standard InChI is InChI=1S/C20H14N4O4S2/c25-16(23-19-21-8-9-29-19)10-15-18(27)24(20(28)30-15)11-17(26)22-14-7-3-5-12-4-1-2-6-13(12)14/h1-10H,11H2,(H,22,26)(H,21,23,25)/b15-10-. The minimum Gasteiger partial charge on any atom is -0.324 e. The lowest BCUT2D eigenvalue weighted by atomic mass is 10.1. The highest BCUT2D eigenvalue weighted by atomic mass is 32.2. The number of carbonyl (C=O) groups excluding carboxylic acids is 4. The van der Waals surface area contributed by atoms with Crippen molar-refractivity contribution in [2.24, 2.45) is 0 Å². The number of hydrogen-bond donors (Lipinski definition) is 2. The second-order valence-corrected chi connectivity index (χ2v) is 8.06. The molecule has 0 unspecified atom stereocenters. The summed E-state index contributed by atoms with van der Waals surface area (Å²) < 4.78 is 0. The Labute approximate surface area is 179 Å². The van der Waals surface area contributed by atoms with Gasteiger partial charge in [-0.3, -0.25) is 29.4 Å². The van der Waals surface area contributed by atoms with Crippen LogP contribution in [0.2, 0.25) is 0 Å². The van der Waals surface area contributed by atoms with E-state index in [1.54, 1.807) is 11.4 Å². The van der Waals surface area contributed by atoms with Crippen molar-refractivity contribution in [3.8, 4) is 0 Å². The van der Waals surface area contributed by atoms with Crippen molar-refractivity contribution >= 4 is 67.7 Å². The number of benzene rings is 2. The summed E-state index contributed by atoms with van der Waals surface area (Å²) in [5, 5.41) is 8.51. The number of carbonyl (C=O) groups is 4. The fourth-order valence-corrected chi connectivity index (χ4v) is 4.19. The van der Waals surface area contributed by atoms with E-state index in [-0.39, 0.29) is 4.91 Å². The summed E-state index contributed by atoms with van der Waals surface area (Å²) >= 11 is 1.84. The molecule has 10 heteroatoms. The predicted molar refractivity (Wildman–Crippen MR) is 116 cm³/mol. The number of nitrogens with zero attached hydrogens (tertiary/aromatic N) is 2. The van der Waals surface area contributed by atoms with Gasteiger partial charge in [0.25, 0.3) is 17.1 Å². The van der Waals surface area contributed by atoms with Gasteiger partial charge in [-0.1, -0.05) is 36.4 Å². The number of fused-ring (bicyclic) bond motifs is 1. The number of hydrogen-bond acceptors (Lipinski definition) is 7. The molecule has 150 valence electrons. The summed E-state index contributed by atoms with van der Waals surface area (Å²) in [6.07, 6.45) is 2.57. The third-order valence-electron chi connectivity index (χ3n) is 4.16. The lowest BCUT2D eigenvalue weighted by Crippen LogP contribution is -2.36. The smallest absolute Gasteiger partial charge is 0.294 e. The van der Waals surface area contributed by atoms with Crippen molar-refractivity contribution in [1.82, 2.24) is 9.88 Å².